The molecule has 0 bridgehead atoms. The van der Waals surface area contributed by atoms with Crippen LogP contribution >= 0.6 is 23.4 Å². The molecule has 25 heavy (non-hydrogen) atoms. The maximum Gasteiger partial charge on any atom is 0.239 e. The average Bonchev–Trinajstić information content (AvgIpc) is 3.18. The number of thioether (sulfide) groups is 1. The van der Waals surface area contributed by atoms with Gasteiger partial charge in [-0.15, -0.1) is 10.2 Å². The van der Waals surface area contributed by atoms with Gasteiger partial charge in [-0.1, -0.05) is 35.5 Å². The third-order valence-corrected chi connectivity index (χ3v) is 5.13. The summed E-state index contributed by atoms with van der Waals surface area (Å²) in [4.78, 5) is 25.0. The van der Waals surface area contributed by atoms with E-state index < -0.39 is 0 Å². The van der Waals surface area contributed by atoms with Crippen LogP contribution in [0.15, 0.2) is 29.4 Å². The van der Waals surface area contributed by atoms with Crippen molar-refractivity contribution in [2.24, 2.45) is 7.05 Å². The van der Waals surface area contributed by atoms with Crippen molar-refractivity contribution >= 4 is 35.2 Å². The first-order valence-corrected chi connectivity index (χ1v) is 9.14. The highest BCUT2D eigenvalue weighted by Gasteiger charge is 2.26. The summed E-state index contributed by atoms with van der Waals surface area (Å²) in [5.41, 5.74) is 0. The SMILES string of the molecule is Cn1c(COc2ccccc2Cl)nnc1SCC(=O)N1CCCC1=O. The van der Waals surface area contributed by atoms with Crippen molar-refractivity contribution in [3.8, 4) is 5.75 Å². The molecule has 1 aromatic carbocycles. The van der Waals surface area contributed by atoms with Crippen LogP contribution in [0.4, 0.5) is 0 Å². The van der Waals surface area contributed by atoms with Crippen LogP contribution in [0.25, 0.3) is 0 Å². The van der Waals surface area contributed by atoms with E-state index in [1.165, 1.54) is 16.7 Å². The summed E-state index contributed by atoms with van der Waals surface area (Å²) in [5.74, 6) is 1.06. The Kier molecular flexibility index (Phi) is 5.60. The van der Waals surface area contributed by atoms with Gasteiger partial charge in [-0.2, -0.15) is 0 Å². The zero-order valence-corrected chi connectivity index (χ0v) is 15.2. The fraction of sp³-hybridized carbons (Fsp3) is 0.375. The Morgan fingerprint density at radius 1 is 1.36 bits per heavy atom. The number of rotatable bonds is 6. The Bertz CT molecular complexity index is 795. The minimum Gasteiger partial charge on any atom is -0.484 e. The molecule has 1 aromatic heterocycles. The molecular formula is C16H17ClN4O3S. The molecule has 0 N–H and O–H groups in total. The molecule has 2 aromatic rings. The third kappa shape index (κ3) is 4.13. The van der Waals surface area contributed by atoms with Gasteiger partial charge in [0, 0.05) is 20.0 Å². The molecule has 0 aliphatic carbocycles. The summed E-state index contributed by atoms with van der Waals surface area (Å²) in [6, 6.07) is 7.19. The zero-order chi connectivity index (χ0) is 17.8. The van der Waals surface area contributed by atoms with Crippen molar-refractivity contribution in [1.82, 2.24) is 19.7 Å². The second-order valence-corrected chi connectivity index (χ2v) is 6.86. The van der Waals surface area contributed by atoms with E-state index in [2.05, 4.69) is 10.2 Å². The predicted octanol–water partition coefficient (Wildman–Crippen LogP) is 2.29. The zero-order valence-electron chi connectivity index (χ0n) is 13.6. The lowest BCUT2D eigenvalue weighted by Gasteiger charge is -2.12. The van der Waals surface area contributed by atoms with Crippen LogP contribution in [0.3, 0.4) is 0 Å². The molecule has 9 heteroatoms. The van der Waals surface area contributed by atoms with E-state index >= 15 is 0 Å². The number of carbonyl (C=O) groups excluding carboxylic acids is 2. The summed E-state index contributed by atoms with van der Waals surface area (Å²) in [6.07, 6.45) is 1.19. The van der Waals surface area contributed by atoms with Gasteiger partial charge in [-0.25, -0.2) is 0 Å². The lowest BCUT2D eigenvalue weighted by atomic mass is 10.3. The first kappa shape index (κ1) is 17.8. The highest BCUT2D eigenvalue weighted by Crippen LogP contribution is 2.24. The van der Waals surface area contributed by atoms with Crippen molar-refractivity contribution in [1.29, 1.82) is 0 Å². The molecule has 1 aliphatic rings. The van der Waals surface area contributed by atoms with Gasteiger partial charge in [0.1, 0.15) is 12.4 Å². The van der Waals surface area contributed by atoms with Crippen LogP contribution in [-0.2, 0) is 23.2 Å². The van der Waals surface area contributed by atoms with Crippen LogP contribution in [-0.4, -0.2) is 43.8 Å². The molecule has 7 nitrogen and oxygen atoms in total. The lowest BCUT2D eigenvalue weighted by molar-refractivity contribution is -0.140. The van der Waals surface area contributed by atoms with E-state index in [1.807, 2.05) is 12.1 Å². The summed E-state index contributed by atoms with van der Waals surface area (Å²) < 4.78 is 7.42. The molecule has 1 aliphatic heterocycles. The van der Waals surface area contributed by atoms with Crippen molar-refractivity contribution in [3.63, 3.8) is 0 Å². The van der Waals surface area contributed by atoms with E-state index in [9.17, 15) is 9.59 Å². The summed E-state index contributed by atoms with van der Waals surface area (Å²) in [5, 5.41) is 9.28. The fourth-order valence-corrected chi connectivity index (χ4v) is 3.41. The number of nitrogens with zero attached hydrogens (tertiary/aromatic N) is 4. The summed E-state index contributed by atoms with van der Waals surface area (Å²) >= 11 is 7.31. The molecule has 2 heterocycles. The van der Waals surface area contributed by atoms with E-state index in [0.29, 0.717) is 34.7 Å². The minimum atomic E-state index is -0.190. The largest absolute Gasteiger partial charge is 0.484 e. The van der Waals surface area contributed by atoms with Gasteiger partial charge < -0.3 is 9.30 Å². The number of ether oxygens (including phenoxy) is 1. The van der Waals surface area contributed by atoms with Gasteiger partial charge in [0.2, 0.25) is 11.8 Å². The maximum atomic E-state index is 12.1. The number of halogens is 1. The number of amides is 2. The average molecular weight is 381 g/mol. The van der Waals surface area contributed by atoms with Crippen molar-refractivity contribution in [2.75, 3.05) is 12.3 Å². The number of likely N-dealkylation sites (tertiary alicyclic amines) is 1. The van der Waals surface area contributed by atoms with Crippen LogP contribution in [0.1, 0.15) is 18.7 Å². The molecule has 0 atom stereocenters. The number of aromatic nitrogens is 3. The first-order chi connectivity index (χ1) is 12.1. The number of carbonyl (C=O) groups is 2. The molecule has 3 rings (SSSR count). The normalized spacial score (nSPS) is 14.2. The first-order valence-electron chi connectivity index (χ1n) is 7.78. The van der Waals surface area contributed by atoms with E-state index in [1.54, 1.807) is 23.7 Å². The number of benzene rings is 1. The number of para-hydroxylation sites is 1. The van der Waals surface area contributed by atoms with Gasteiger partial charge >= 0.3 is 0 Å². The molecule has 0 spiro atoms. The monoisotopic (exact) mass is 380 g/mol. The summed E-state index contributed by atoms with van der Waals surface area (Å²) in [7, 11) is 1.80. The van der Waals surface area contributed by atoms with Gasteiger partial charge in [-0.3, -0.25) is 14.5 Å². The quantitative estimate of drug-likeness (QED) is 0.715. The summed E-state index contributed by atoms with van der Waals surface area (Å²) in [6.45, 7) is 0.723. The second kappa shape index (κ2) is 7.88. The smallest absolute Gasteiger partial charge is 0.239 e. The molecule has 2 amide bonds. The molecule has 1 fully saturated rings. The Labute approximate surface area is 154 Å². The van der Waals surface area contributed by atoms with Gasteiger partial charge in [0.25, 0.3) is 0 Å². The molecular weight excluding hydrogens is 364 g/mol. The van der Waals surface area contributed by atoms with Crippen LogP contribution in [0.2, 0.25) is 5.02 Å². The second-order valence-electron chi connectivity index (χ2n) is 5.51. The van der Waals surface area contributed by atoms with Gasteiger partial charge in [0.05, 0.1) is 10.8 Å². The standard InChI is InChI=1S/C16H17ClN4O3S/c1-20-13(9-24-12-6-3-2-5-11(12)17)18-19-16(20)25-10-15(23)21-8-4-7-14(21)22/h2-3,5-6H,4,7-10H2,1H3. The molecule has 0 saturated carbocycles. The van der Waals surface area contributed by atoms with Gasteiger partial charge in [-0.05, 0) is 18.6 Å². The van der Waals surface area contributed by atoms with Crippen molar-refractivity contribution in [2.45, 2.75) is 24.6 Å². The van der Waals surface area contributed by atoms with Crippen molar-refractivity contribution < 1.29 is 14.3 Å². The molecule has 0 unspecified atom stereocenters. The fourth-order valence-electron chi connectivity index (χ4n) is 2.42. The minimum absolute atomic E-state index is 0.0996. The Balaban J connectivity index is 1.57. The van der Waals surface area contributed by atoms with Crippen LogP contribution in [0.5, 0.6) is 5.75 Å². The van der Waals surface area contributed by atoms with Gasteiger partial charge in [0.15, 0.2) is 11.0 Å². The van der Waals surface area contributed by atoms with E-state index in [4.69, 9.17) is 16.3 Å². The highest BCUT2D eigenvalue weighted by molar-refractivity contribution is 7.99. The predicted molar refractivity (Wildman–Crippen MR) is 93.5 cm³/mol. The third-order valence-electron chi connectivity index (χ3n) is 3.82. The van der Waals surface area contributed by atoms with E-state index in [0.717, 1.165) is 6.42 Å². The van der Waals surface area contributed by atoms with Crippen LogP contribution < -0.4 is 4.74 Å². The van der Waals surface area contributed by atoms with Crippen molar-refractivity contribution in [3.05, 3.63) is 35.1 Å². The number of imide groups is 1. The Hall–Kier alpha value is -2.06. The van der Waals surface area contributed by atoms with E-state index in [-0.39, 0.29) is 24.2 Å². The molecule has 132 valence electrons. The number of hydrogen-bond acceptors (Lipinski definition) is 6. The maximum absolute atomic E-state index is 12.1. The molecule has 0 radical (unpaired) electrons. The Morgan fingerprint density at radius 3 is 2.88 bits per heavy atom. The topological polar surface area (TPSA) is 77.3 Å². The lowest BCUT2D eigenvalue weighted by Crippen LogP contribution is -2.33. The van der Waals surface area contributed by atoms with Crippen LogP contribution in [0, 0.1) is 0 Å². The Morgan fingerprint density at radius 2 is 2.16 bits per heavy atom. The molecule has 1 saturated heterocycles. The number of hydrogen-bond donors (Lipinski definition) is 0. The highest BCUT2D eigenvalue weighted by atomic mass is 35.5.